The minimum Gasteiger partial charge on any atom is -0.383 e. The predicted octanol–water partition coefficient (Wildman–Crippen LogP) is 8.33. The first kappa shape index (κ1) is 56.2. The average Bonchev–Trinajstić information content (AvgIpc) is 4.06. The predicted molar refractivity (Wildman–Crippen MR) is 289 cm³/mol. The number of nitrogens with two attached hydrogens (primary N) is 4. The highest BCUT2D eigenvalue weighted by Crippen LogP contribution is 2.37. The lowest BCUT2D eigenvalue weighted by molar-refractivity contribution is -0.0603. The van der Waals surface area contributed by atoms with Gasteiger partial charge in [0.05, 0.1) is 46.6 Å². The molecule has 2 aliphatic carbocycles. The number of carbonyl (C=O) groups is 2. The number of anilines is 3. The summed E-state index contributed by atoms with van der Waals surface area (Å²) in [6, 6.07) is 21.2. The van der Waals surface area contributed by atoms with Crippen LogP contribution in [0.4, 0.5) is 17.6 Å². The van der Waals surface area contributed by atoms with Gasteiger partial charge in [-0.1, -0.05) is 63.8 Å². The van der Waals surface area contributed by atoms with Gasteiger partial charge in [-0.05, 0) is 113 Å². The number of amides is 2. The maximum atomic E-state index is 11.5. The number of pyridine rings is 2. The summed E-state index contributed by atoms with van der Waals surface area (Å²) in [7, 11) is 0. The Balaban J connectivity index is 0.000000173. The van der Waals surface area contributed by atoms with Crippen LogP contribution in [0.1, 0.15) is 113 Å². The Hall–Kier alpha value is -6.15. The monoisotopic (exact) mass is 1020 g/mol. The summed E-state index contributed by atoms with van der Waals surface area (Å²) < 4.78 is 21.9. The maximum absolute atomic E-state index is 11.5. The second-order valence-corrected chi connectivity index (χ2v) is 18.6. The van der Waals surface area contributed by atoms with Crippen molar-refractivity contribution in [1.29, 1.82) is 0 Å². The molecule has 2 saturated heterocycles. The van der Waals surface area contributed by atoms with Crippen LogP contribution in [0.3, 0.4) is 0 Å². The summed E-state index contributed by atoms with van der Waals surface area (Å²) in [5.41, 5.74) is 27.5. The molecule has 10 rings (SSSR count). The molecule has 19 heteroatoms. The van der Waals surface area contributed by atoms with Crippen LogP contribution in [-0.4, -0.2) is 119 Å². The summed E-state index contributed by atoms with van der Waals surface area (Å²) in [5, 5.41) is 4.76. The van der Waals surface area contributed by atoms with Crippen molar-refractivity contribution in [2.45, 2.75) is 103 Å². The number of ether oxygens (including phenoxy) is 4. The van der Waals surface area contributed by atoms with E-state index in [1.165, 1.54) is 38.5 Å². The van der Waals surface area contributed by atoms with E-state index in [1.807, 2.05) is 38.1 Å². The number of fused-ring (bicyclic) bond motifs is 2. The number of morpholine rings is 2. The fraction of sp³-hybridized carbons (Fsp3) is 0.481. The van der Waals surface area contributed by atoms with Gasteiger partial charge in [0.15, 0.2) is 11.3 Å². The number of nitrogens with one attached hydrogen (secondary N) is 1. The van der Waals surface area contributed by atoms with Crippen LogP contribution in [0, 0.1) is 0 Å². The van der Waals surface area contributed by atoms with Gasteiger partial charge in [-0.25, -0.2) is 15.0 Å². The molecule has 0 bridgehead atoms. The third kappa shape index (κ3) is 15.9. The molecule has 4 aliphatic rings. The molecule has 2 aromatic carbocycles. The molecule has 2 amide bonds. The van der Waals surface area contributed by atoms with E-state index in [2.05, 4.69) is 44.0 Å². The van der Waals surface area contributed by atoms with Crippen LogP contribution in [0.5, 0.6) is 0 Å². The first-order valence-corrected chi connectivity index (χ1v) is 25.9. The lowest BCUT2D eigenvalue weighted by Crippen LogP contribution is -2.51. The van der Waals surface area contributed by atoms with E-state index in [4.69, 9.17) is 63.5 Å². The van der Waals surface area contributed by atoms with Gasteiger partial charge in [0.25, 0.3) is 0 Å². The number of rotatable bonds is 11. The van der Waals surface area contributed by atoms with Crippen LogP contribution in [-0.2, 0) is 18.9 Å². The smallest absolute Gasteiger partial charge is 0.248 e. The minimum atomic E-state index is -0.493. The van der Waals surface area contributed by atoms with Crippen LogP contribution < -0.4 is 33.2 Å². The molecule has 0 radical (unpaired) electrons. The van der Waals surface area contributed by atoms with Gasteiger partial charge in [0.2, 0.25) is 23.0 Å². The highest BCUT2D eigenvalue weighted by atomic mass is 35.5. The van der Waals surface area contributed by atoms with E-state index in [9.17, 15) is 9.59 Å². The topological polar surface area (TPSA) is 268 Å². The normalized spacial score (nSPS) is 16.3. The van der Waals surface area contributed by atoms with E-state index >= 15 is 0 Å². The molecule has 2 spiro atoms. The van der Waals surface area contributed by atoms with Gasteiger partial charge in [0.1, 0.15) is 11.6 Å². The fourth-order valence-corrected chi connectivity index (χ4v) is 9.29. The number of nitrogens with zero attached hydrogens (tertiary/aromatic N) is 7. The number of aromatic nitrogens is 6. The zero-order chi connectivity index (χ0) is 52.2. The summed E-state index contributed by atoms with van der Waals surface area (Å²) in [6.45, 7) is 17.0. The Morgan fingerprint density at radius 3 is 1.64 bits per heavy atom. The average molecular weight is 1020 g/mol. The van der Waals surface area contributed by atoms with E-state index in [-0.39, 0.29) is 22.3 Å². The largest absolute Gasteiger partial charge is 0.383 e. The molecular weight excluding hydrogens is 948 g/mol. The van der Waals surface area contributed by atoms with Gasteiger partial charge in [0, 0.05) is 74.9 Å². The number of carbonyl (C=O) groups excluding carboxylic acids is 2. The molecule has 2 aliphatic heterocycles. The summed E-state index contributed by atoms with van der Waals surface area (Å²) >= 11 is 5.79. The van der Waals surface area contributed by atoms with Crippen molar-refractivity contribution >= 4 is 63.1 Å². The molecule has 4 fully saturated rings. The molecule has 0 unspecified atom stereocenters. The van der Waals surface area contributed by atoms with E-state index in [0.29, 0.717) is 63.0 Å². The summed E-state index contributed by atoms with van der Waals surface area (Å²) in [6.07, 6.45) is 12.1. The van der Waals surface area contributed by atoms with Crippen molar-refractivity contribution in [1.82, 2.24) is 35.2 Å². The Bertz CT molecular complexity index is 2710. The third-order valence-corrected chi connectivity index (χ3v) is 13.0. The molecule has 0 atom stereocenters. The molecule has 9 N–H and O–H groups in total. The third-order valence-electron chi connectivity index (χ3n) is 12.8. The SMILES string of the molecule is C1CCC2(C1)CNCCO2.CCCOCC.CCCOCC.NC(=O)c1cccc(-c2ccc3c(N)nc(Cl)nc3n2)c1.NC(=O)c1cccc(-c2ccc3c(N)nc(N4CCOC5(CCCC5)C4)nc3n2)c1. The summed E-state index contributed by atoms with van der Waals surface area (Å²) in [4.78, 5) is 51.2. The van der Waals surface area contributed by atoms with Crippen molar-refractivity contribution in [3.63, 3.8) is 0 Å². The number of primary amides is 2. The number of hydrogen-bond acceptors (Lipinski definition) is 16. The van der Waals surface area contributed by atoms with Gasteiger partial charge in [-0.3, -0.25) is 9.59 Å². The number of benzene rings is 2. The van der Waals surface area contributed by atoms with Crippen LogP contribution in [0.15, 0.2) is 72.8 Å². The second-order valence-electron chi connectivity index (χ2n) is 18.3. The second kappa shape index (κ2) is 27.8. The number of halogens is 1. The molecule has 4 aromatic heterocycles. The minimum absolute atomic E-state index is 0.0375. The van der Waals surface area contributed by atoms with Crippen LogP contribution >= 0.6 is 11.6 Å². The van der Waals surface area contributed by atoms with Gasteiger partial charge in [-0.15, -0.1) is 0 Å². The van der Waals surface area contributed by atoms with Gasteiger partial charge in [-0.2, -0.15) is 15.0 Å². The fourth-order valence-electron chi connectivity index (χ4n) is 9.12. The van der Waals surface area contributed by atoms with Crippen molar-refractivity contribution in [3.05, 3.63) is 89.2 Å². The summed E-state index contributed by atoms with van der Waals surface area (Å²) in [5.74, 6) is 0.304. The zero-order valence-corrected chi connectivity index (χ0v) is 43.6. The lowest BCUT2D eigenvalue weighted by Gasteiger charge is -2.40. The Kier molecular flexibility index (Phi) is 21.4. The first-order valence-electron chi connectivity index (χ1n) is 25.6. The van der Waals surface area contributed by atoms with Crippen molar-refractivity contribution in [2.75, 3.05) is 82.2 Å². The zero-order valence-electron chi connectivity index (χ0n) is 42.8. The quantitative estimate of drug-likeness (QED) is 0.0603. The van der Waals surface area contributed by atoms with Gasteiger partial charge >= 0.3 is 0 Å². The standard InChI is InChI=1S/C22H24N6O2.C14H10ClN5O.C8H15NO.2C5H12O/c23-18-16-6-7-17(14-4-3-5-15(12-14)19(24)29)25-20(16)27-21(26-18)28-10-11-30-22(13-28)8-1-2-9-22;15-14-19-11(16)9-4-5-10(18-13(9)20-14)7-2-1-3-8(6-7)12(17)21;1-2-4-8(3-1)7-9-5-6-10-8;2*1-3-5-6-4-2/h3-7,12H,1-2,8-11,13H2,(H2,24,29)(H2,23,25,26,27);1-6H,(H2,17,21)(H2,16,18,19,20);9H,1-7H2;2*3-5H2,1-2H3. The van der Waals surface area contributed by atoms with E-state index in [1.54, 1.807) is 48.5 Å². The van der Waals surface area contributed by atoms with E-state index < -0.39 is 11.8 Å². The number of nitrogen functional groups attached to an aromatic ring is 2. The Morgan fingerprint density at radius 2 is 1.16 bits per heavy atom. The molecule has 18 nitrogen and oxygen atoms in total. The first-order chi connectivity index (χ1) is 35.3. The lowest BCUT2D eigenvalue weighted by atomic mass is 10.00. The molecule has 2 saturated carbocycles. The van der Waals surface area contributed by atoms with Crippen molar-refractivity contribution in [3.8, 4) is 22.5 Å². The number of hydrogen-bond donors (Lipinski definition) is 5. The highest BCUT2D eigenvalue weighted by molar-refractivity contribution is 6.28. The van der Waals surface area contributed by atoms with E-state index in [0.717, 1.165) is 96.0 Å². The Labute approximate surface area is 433 Å². The van der Waals surface area contributed by atoms with Crippen molar-refractivity contribution < 1.29 is 28.5 Å². The molecular formula is C54H73ClN12O6. The molecule has 392 valence electrons. The van der Waals surface area contributed by atoms with Gasteiger partial charge < -0.3 is 52.1 Å². The van der Waals surface area contributed by atoms with Crippen molar-refractivity contribution in [2.24, 2.45) is 11.5 Å². The Morgan fingerprint density at radius 1 is 0.658 bits per heavy atom. The maximum Gasteiger partial charge on any atom is 0.248 e. The highest BCUT2D eigenvalue weighted by Gasteiger charge is 2.40. The molecule has 6 heterocycles. The molecule has 73 heavy (non-hydrogen) atoms. The molecule has 6 aromatic rings. The van der Waals surface area contributed by atoms with Crippen LogP contribution in [0.25, 0.3) is 44.6 Å². The van der Waals surface area contributed by atoms with Crippen LogP contribution in [0.2, 0.25) is 5.28 Å².